The standard InChI is InChI=1S/C15H11ClFNO3/c16-11-5-6-12(13(17)7-11)14(19)18-8-9-1-3-10(4-2-9)15(20)21/h1-7H,8H2,(H,18,19)(H,20,21). The van der Waals surface area contributed by atoms with Crippen molar-refractivity contribution in [1.29, 1.82) is 0 Å². The summed E-state index contributed by atoms with van der Waals surface area (Å²) in [4.78, 5) is 22.5. The molecule has 0 fully saturated rings. The lowest BCUT2D eigenvalue weighted by Gasteiger charge is -2.07. The van der Waals surface area contributed by atoms with Crippen LogP contribution < -0.4 is 5.32 Å². The number of halogens is 2. The van der Waals surface area contributed by atoms with Crippen molar-refractivity contribution in [3.05, 3.63) is 70.0 Å². The molecule has 0 aliphatic carbocycles. The lowest BCUT2D eigenvalue weighted by Crippen LogP contribution is -2.23. The molecule has 21 heavy (non-hydrogen) atoms. The molecule has 0 aromatic heterocycles. The molecule has 0 bridgehead atoms. The molecule has 0 aliphatic heterocycles. The number of rotatable bonds is 4. The van der Waals surface area contributed by atoms with Crippen LogP contribution in [0.5, 0.6) is 0 Å². The average molecular weight is 308 g/mol. The SMILES string of the molecule is O=C(O)c1ccc(CNC(=O)c2ccc(Cl)cc2F)cc1. The van der Waals surface area contributed by atoms with E-state index in [1.165, 1.54) is 24.3 Å². The van der Waals surface area contributed by atoms with Gasteiger partial charge in [-0.1, -0.05) is 23.7 Å². The molecule has 0 unspecified atom stereocenters. The molecule has 2 rings (SSSR count). The summed E-state index contributed by atoms with van der Waals surface area (Å²) in [7, 11) is 0. The highest BCUT2D eigenvalue weighted by Gasteiger charge is 2.11. The van der Waals surface area contributed by atoms with Crippen molar-refractivity contribution in [2.75, 3.05) is 0 Å². The zero-order valence-electron chi connectivity index (χ0n) is 10.8. The first-order chi connectivity index (χ1) is 9.97. The maximum atomic E-state index is 13.6. The lowest BCUT2D eigenvalue weighted by atomic mass is 10.1. The molecule has 0 aliphatic rings. The molecule has 0 heterocycles. The van der Waals surface area contributed by atoms with Crippen LogP contribution in [0.3, 0.4) is 0 Å². The Kier molecular flexibility index (Phi) is 4.55. The van der Waals surface area contributed by atoms with E-state index in [1.54, 1.807) is 12.1 Å². The number of carbonyl (C=O) groups is 2. The number of carboxylic acid groups (broad SMARTS) is 1. The Bertz CT molecular complexity index is 686. The number of carbonyl (C=O) groups excluding carboxylic acids is 1. The maximum absolute atomic E-state index is 13.6. The number of benzene rings is 2. The number of nitrogens with one attached hydrogen (secondary N) is 1. The maximum Gasteiger partial charge on any atom is 0.335 e. The Balaban J connectivity index is 2.02. The predicted octanol–water partition coefficient (Wildman–Crippen LogP) is 3.11. The summed E-state index contributed by atoms with van der Waals surface area (Å²) in [5, 5.41) is 11.5. The molecule has 2 aromatic rings. The van der Waals surface area contributed by atoms with E-state index in [0.29, 0.717) is 5.56 Å². The highest BCUT2D eigenvalue weighted by molar-refractivity contribution is 6.30. The molecular formula is C15H11ClFNO3. The largest absolute Gasteiger partial charge is 0.478 e. The van der Waals surface area contributed by atoms with Gasteiger partial charge < -0.3 is 10.4 Å². The lowest BCUT2D eigenvalue weighted by molar-refractivity contribution is 0.0696. The van der Waals surface area contributed by atoms with Crippen LogP contribution in [0.2, 0.25) is 5.02 Å². The third-order valence-corrected chi connectivity index (χ3v) is 3.06. The van der Waals surface area contributed by atoms with Crippen LogP contribution in [0.1, 0.15) is 26.3 Å². The van der Waals surface area contributed by atoms with Crippen LogP contribution in [-0.2, 0) is 6.54 Å². The molecule has 1 amide bonds. The summed E-state index contributed by atoms with van der Waals surface area (Å²) in [6.07, 6.45) is 0. The summed E-state index contributed by atoms with van der Waals surface area (Å²) >= 11 is 5.62. The second-order valence-electron chi connectivity index (χ2n) is 4.31. The van der Waals surface area contributed by atoms with Crippen LogP contribution >= 0.6 is 11.6 Å². The molecule has 0 spiro atoms. The second kappa shape index (κ2) is 6.37. The molecular weight excluding hydrogens is 297 g/mol. The molecule has 0 radical (unpaired) electrons. The molecule has 2 N–H and O–H groups in total. The first-order valence-electron chi connectivity index (χ1n) is 6.03. The van der Waals surface area contributed by atoms with E-state index in [0.717, 1.165) is 6.07 Å². The van der Waals surface area contributed by atoms with Crippen LogP contribution in [0.4, 0.5) is 4.39 Å². The minimum atomic E-state index is -1.02. The fraction of sp³-hybridized carbons (Fsp3) is 0.0667. The second-order valence-corrected chi connectivity index (χ2v) is 4.75. The zero-order chi connectivity index (χ0) is 15.4. The molecule has 6 heteroatoms. The Morgan fingerprint density at radius 2 is 1.81 bits per heavy atom. The van der Waals surface area contributed by atoms with Crippen molar-refractivity contribution in [2.24, 2.45) is 0 Å². The molecule has 108 valence electrons. The monoisotopic (exact) mass is 307 g/mol. The van der Waals surface area contributed by atoms with Gasteiger partial charge in [0.1, 0.15) is 5.82 Å². The summed E-state index contributed by atoms with van der Waals surface area (Å²) in [5.41, 5.74) is 0.776. The predicted molar refractivity (Wildman–Crippen MR) is 76.0 cm³/mol. The van der Waals surface area contributed by atoms with Gasteiger partial charge in [0.05, 0.1) is 11.1 Å². The number of amides is 1. The summed E-state index contributed by atoms with van der Waals surface area (Å²) in [6, 6.07) is 9.85. The third kappa shape index (κ3) is 3.79. The Morgan fingerprint density at radius 1 is 1.14 bits per heavy atom. The van der Waals surface area contributed by atoms with Gasteiger partial charge in [-0.15, -0.1) is 0 Å². The summed E-state index contributed by atoms with van der Waals surface area (Å²) in [5.74, 6) is -2.28. The molecule has 0 saturated carbocycles. The number of aromatic carboxylic acids is 1. The van der Waals surface area contributed by atoms with E-state index < -0.39 is 17.7 Å². The van der Waals surface area contributed by atoms with Gasteiger partial charge in [0.15, 0.2) is 0 Å². The van der Waals surface area contributed by atoms with Crippen molar-refractivity contribution in [1.82, 2.24) is 5.32 Å². The van der Waals surface area contributed by atoms with Crippen LogP contribution in [0.15, 0.2) is 42.5 Å². The highest BCUT2D eigenvalue weighted by atomic mass is 35.5. The minimum Gasteiger partial charge on any atom is -0.478 e. The Morgan fingerprint density at radius 3 is 2.38 bits per heavy atom. The average Bonchev–Trinajstić information content (AvgIpc) is 2.45. The van der Waals surface area contributed by atoms with Gasteiger partial charge in [-0.2, -0.15) is 0 Å². The van der Waals surface area contributed by atoms with Crippen molar-refractivity contribution < 1.29 is 19.1 Å². The molecule has 4 nitrogen and oxygen atoms in total. The summed E-state index contributed by atoms with van der Waals surface area (Å²) < 4.78 is 13.6. The first-order valence-corrected chi connectivity index (χ1v) is 6.40. The van der Waals surface area contributed by atoms with Crippen molar-refractivity contribution in [2.45, 2.75) is 6.54 Å². The van der Waals surface area contributed by atoms with Crippen molar-refractivity contribution in [3.8, 4) is 0 Å². The van der Waals surface area contributed by atoms with Gasteiger partial charge in [0, 0.05) is 11.6 Å². The normalized spacial score (nSPS) is 10.2. The fourth-order valence-corrected chi connectivity index (χ4v) is 1.88. The highest BCUT2D eigenvalue weighted by Crippen LogP contribution is 2.14. The van der Waals surface area contributed by atoms with Gasteiger partial charge in [-0.3, -0.25) is 4.79 Å². The third-order valence-electron chi connectivity index (χ3n) is 2.83. The smallest absolute Gasteiger partial charge is 0.335 e. The van der Waals surface area contributed by atoms with Gasteiger partial charge in [-0.05, 0) is 35.9 Å². The number of hydrogen-bond acceptors (Lipinski definition) is 2. The van der Waals surface area contributed by atoms with Crippen LogP contribution in [0.25, 0.3) is 0 Å². The van der Waals surface area contributed by atoms with Gasteiger partial charge >= 0.3 is 5.97 Å². The van der Waals surface area contributed by atoms with E-state index in [1.807, 2.05) is 0 Å². The topological polar surface area (TPSA) is 66.4 Å². The Labute approximate surface area is 125 Å². The van der Waals surface area contributed by atoms with Crippen LogP contribution in [0, 0.1) is 5.82 Å². The zero-order valence-corrected chi connectivity index (χ0v) is 11.5. The van der Waals surface area contributed by atoms with E-state index in [4.69, 9.17) is 16.7 Å². The van der Waals surface area contributed by atoms with Gasteiger partial charge in [0.25, 0.3) is 5.91 Å². The summed E-state index contributed by atoms with van der Waals surface area (Å²) in [6.45, 7) is 0.167. The minimum absolute atomic E-state index is 0.0958. The first kappa shape index (κ1) is 15.0. The van der Waals surface area contributed by atoms with Gasteiger partial charge in [0.2, 0.25) is 0 Å². The van der Waals surface area contributed by atoms with E-state index in [2.05, 4.69) is 5.32 Å². The fourth-order valence-electron chi connectivity index (χ4n) is 1.72. The van der Waals surface area contributed by atoms with Crippen molar-refractivity contribution >= 4 is 23.5 Å². The van der Waals surface area contributed by atoms with Crippen molar-refractivity contribution in [3.63, 3.8) is 0 Å². The molecule has 0 saturated heterocycles. The van der Waals surface area contributed by atoms with E-state index in [9.17, 15) is 14.0 Å². The van der Waals surface area contributed by atoms with E-state index >= 15 is 0 Å². The number of hydrogen-bond donors (Lipinski definition) is 2. The van der Waals surface area contributed by atoms with Crippen LogP contribution in [-0.4, -0.2) is 17.0 Å². The van der Waals surface area contributed by atoms with E-state index in [-0.39, 0.29) is 22.7 Å². The number of carboxylic acids is 1. The quantitative estimate of drug-likeness (QED) is 0.912. The Hall–Kier alpha value is -2.40. The molecule has 2 aromatic carbocycles. The molecule has 0 atom stereocenters. The van der Waals surface area contributed by atoms with Gasteiger partial charge in [-0.25, -0.2) is 9.18 Å².